The largest absolute Gasteiger partial charge is 0.455 e. The molecule has 4 N–H and O–H groups in total. The lowest BCUT2D eigenvalue weighted by molar-refractivity contribution is -0.341. The van der Waals surface area contributed by atoms with Crippen molar-refractivity contribution >= 4 is 69.0 Å². The first-order chi connectivity index (χ1) is 19.9. The van der Waals surface area contributed by atoms with Crippen LogP contribution < -0.4 is 0 Å². The lowest BCUT2D eigenvalue weighted by Crippen LogP contribution is -2.81. The van der Waals surface area contributed by atoms with Crippen LogP contribution in [0.3, 0.4) is 0 Å². The zero-order chi connectivity index (χ0) is 31.9. The van der Waals surface area contributed by atoms with Gasteiger partial charge in [0.15, 0.2) is 5.78 Å². The molecule has 1 heterocycles. The fraction of sp³-hybridized carbons (Fsp3) is 0.630. The van der Waals surface area contributed by atoms with Crippen LogP contribution in [0.1, 0.15) is 50.9 Å². The highest BCUT2D eigenvalue weighted by Gasteiger charge is 2.76. The molecule has 9 nitrogen and oxygen atoms in total. The standard InChI is InChI=1S/C27H41O9P7/c1-13-15(28)11-27(33)22(35-23(31)14-8-6-5-7-9-14)20-25(4,21(30)19(29)18(13)24(27,2)3)16(10-17-26(20,32)12-34-17)36-41(42(37)38)43(39)40/h5-9,15-17,19-20,22,28-29,32-33H,10-12,37-40H2,1-4H3/t15?,16?,17?,19?,20?,22?,25-,26?,27?/m1/s1. The van der Waals surface area contributed by atoms with E-state index in [9.17, 15) is 30.0 Å². The maximum Gasteiger partial charge on any atom is 0.338 e. The highest BCUT2D eigenvalue weighted by molar-refractivity contribution is 8.96. The van der Waals surface area contributed by atoms with E-state index in [0.29, 0.717) is 5.57 Å². The molecule has 1 aromatic carbocycles. The first kappa shape index (κ1) is 35.2. The Morgan fingerprint density at radius 3 is 2.19 bits per heavy atom. The van der Waals surface area contributed by atoms with Gasteiger partial charge in [0, 0.05) is 24.2 Å². The molecule has 0 aromatic heterocycles. The summed E-state index contributed by atoms with van der Waals surface area (Å²) in [4.78, 5) is 28.6. The van der Waals surface area contributed by atoms with Gasteiger partial charge >= 0.3 is 5.97 Å². The van der Waals surface area contributed by atoms with E-state index in [0.717, 1.165) is 0 Å². The molecule has 12 unspecified atom stereocenters. The first-order valence-electron chi connectivity index (χ1n) is 13.9. The quantitative estimate of drug-likeness (QED) is 0.183. The van der Waals surface area contributed by atoms with Crippen LogP contribution in [0.5, 0.6) is 0 Å². The molecule has 13 atom stereocenters. The van der Waals surface area contributed by atoms with E-state index in [1.165, 1.54) is 0 Å². The van der Waals surface area contributed by atoms with Crippen LogP contribution in [0.4, 0.5) is 0 Å². The number of aliphatic hydroxyl groups excluding tert-OH is 2. The second-order valence-electron chi connectivity index (χ2n) is 12.7. The Labute approximate surface area is 264 Å². The van der Waals surface area contributed by atoms with Crippen molar-refractivity contribution in [3.63, 3.8) is 0 Å². The van der Waals surface area contributed by atoms with Crippen LogP contribution in [-0.4, -0.2) is 80.5 Å². The summed E-state index contributed by atoms with van der Waals surface area (Å²) in [6.45, 7) is 5.06. The molecule has 4 aliphatic rings. The molecule has 238 valence electrons. The Balaban J connectivity index is 1.77. The number of hydrogen-bond donors (Lipinski definition) is 4. The minimum absolute atomic E-state index is 0.150. The van der Waals surface area contributed by atoms with Gasteiger partial charge in [-0.3, -0.25) is 4.79 Å². The zero-order valence-corrected chi connectivity index (χ0v) is 31.8. The summed E-state index contributed by atoms with van der Waals surface area (Å²) in [5.74, 6) is -2.58. The second kappa shape index (κ2) is 12.4. The van der Waals surface area contributed by atoms with Crippen LogP contribution in [0, 0.1) is 16.7 Å². The van der Waals surface area contributed by atoms with Crippen LogP contribution in [0.15, 0.2) is 41.5 Å². The maximum atomic E-state index is 14.8. The molecular formula is C27H41O9P7. The van der Waals surface area contributed by atoms with E-state index in [1.807, 2.05) is 0 Å². The fourth-order valence-electron chi connectivity index (χ4n) is 7.74. The molecular weight excluding hydrogens is 685 g/mol. The van der Waals surface area contributed by atoms with Gasteiger partial charge in [0.05, 0.1) is 43.4 Å². The summed E-state index contributed by atoms with van der Waals surface area (Å²) in [7, 11) is 10.1. The van der Waals surface area contributed by atoms with Crippen LogP contribution in [0.25, 0.3) is 0 Å². The van der Waals surface area contributed by atoms with Crippen LogP contribution >= 0.6 is 57.2 Å². The predicted molar refractivity (Wildman–Crippen MR) is 184 cm³/mol. The lowest BCUT2D eigenvalue weighted by Gasteiger charge is -2.67. The topological polar surface area (TPSA) is 143 Å². The first-order valence-corrected chi connectivity index (χ1v) is 25.7. The Hall–Kier alpha value is 0.870. The highest BCUT2D eigenvalue weighted by atomic mass is 33.0. The van der Waals surface area contributed by atoms with Crippen LogP contribution in [0.2, 0.25) is 0 Å². The van der Waals surface area contributed by atoms with Crippen molar-refractivity contribution < 1.29 is 44.0 Å². The van der Waals surface area contributed by atoms with Crippen LogP contribution in [-0.2, 0) is 18.8 Å². The Morgan fingerprint density at radius 1 is 1.05 bits per heavy atom. The number of benzene rings is 1. The molecule has 5 rings (SSSR count). The molecule has 1 saturated heterocycles. The Bertz CT molecular complexity index is 1300. The number of esters is 1. The van der Waals surface area contributed by atoms with Gasteiger partial charge in [-0.25, -0.2) is 4.79 Å². The third kappa shape index (κ3) is 5.43. The minimum atomic E-state index is -2.00. The number of ketones is 1. The molecule has 0 radical (unpaired) electrons. The van der Waals surface area contributed by atoms with Gasteiger partial charge in [-0.15, -0.1) is 35.7 Å². The number of hydrogen-bond acceptors (Lipinski definition) is 9. The summed E-state index contributed by atoms with van der Waals surface area (Å²) in [6, 6.07) is 8.32. The van der Waals surface area contributed by atoms with E-state index in [-0.39, 0.29) is 30.6 Å². The zero-order valence-electron chi connectivity index (χ0n) is 24.5. The van der Waals surface area contributed by atoms with Crippen molar-refractivity contribution in [1.29, 1.82) is 0 Å². The third-order valence-electron chi connectivity index (χ3n) is 10.2. The number of rotatable bonds is 6. The molecule has 16 heteroatoms. The molecule has 3 aliphatic carbocycles. The summed E-state index contributed by atoms with van der Waals surface area (Å²) in [5.41, 5.74) is -5.82. The smallest absolute Gasteiger partial charge is 0.338 e. The monoisotopic (exact) mass is 726 g/mol. The van der Waals surface area contributed by atoms with Gasteiger partial charge in [0.25, 0.3) is 0 Å². The van der Waals surface area contributed by atoms with Crippen molar-refractivity contribution in [1.82, 2.24) is 0 Å². The molecule has 2 saturated carbocycles. The van der Waals surface area contributed by atoms with Gasteiger partial charge in [-0.1, -0.05) is 32.0 Å². The molecule has 1 aromatic rings. The number of fused-ring (bicyclic) bond motifs is 5. The third-order valence-corrected chi connectivity index (χ3v) is 32.7. The Kier molecular flexibility index (Phi) is 10.1. The van der Waals surface area contributed by atoms with Crippen molar-refractivity contribution in [3.8, 4) is 0 Å². The molecule has 2 bridgehead atoms. The van der Waals surface area contributed by atoms with E-state index in [4.69, 9.17) is 14.0 Å². The van der Waals surface area contributed by atoms with E-state index in [1.54, 1.807) is 58.0 Å². The molecule has 43 heavy (non-hydrogen) atoms. The summed E-state index contributed by atoms with van der Waals surface area (Å²) in [6.07, 6.45) is -6.05. The van der Waals surface area contributed by atoms with Gasteiger partial charge in [-0.05, 0) is 51.1 Å². The van der Waals surface area contributed by atoms with Crippen molar-refractivity contribution in [2.24, 2.45) is 16.7 Å². The average Bonchev–Trinajstić information content (AvgIpc) is 2.93. The number of carbonyl (C=O) groups excluding carboxylic acids is 2. The van der Waals surface area contributed by atoms with E-state index < -0.39 is 91.7 Å². The van der Waals surface area contributed by atoms with Gasteiger partial charge in [0.2, 0.25) is 0 Å². The summed E-state index contributed by atoms with van der Waals surface area (Å²) in [5, 5.41) is 48.3. The van der Waals surface area contributed by atoms with Gasteiger partial charge in [-0.2, -0.15) is 0 Å². The molecule has 0 amide bonds. The normalized spacial score (nSPS) is 40.5. The number of aliphatic hydroxyl groups is 4. The van der Waals surface area contributed by atoms with Gasteiger partial charge in [0.1, 0.15) is 23.4 Å². The van der Waals surface area contributed by atoms with E-state index >= 15 is 0 Å². The van der Waals surface area contributed by atoms with Crippen molar-refractivity contribution in [2.45, 2.75) is 82.3 Å². The molecule has 3 fully saturated rings. The fourth-order valence-corrected chi connectivity index (χ4v) is 40.6. The predicted octanol–water partition coefficient (Wildman–Crippen LogP) is 4.89. The van der Waals surface area contributed by atoms with E-state index in [2.05, 4.69) is 35.7 Å². The lowest BCUT2D eigenvalue weighted by atomic mass is 9.45. The summed E-state index contributed by atoms with van der Waals surface area (Å²) < 4.78 is 19.0. The molecule has 0 spiro atoms. The van der Waals surface area contributed by atoms with Crippen molar-refractivity contribution in [3.05, 3.63) is 47.0 Å². The highest BCUT2D eigenvalue weighted by Crippen LogP contribution is 2.98. The maximum absolute atomic E-state index is 14.8. The summed E-state index contributed by atoms with van der Waals surface area (Å²) >= 11 is 0. The number of carbonyl (C=O) groups is 2. The average molecular weight is 726 g/mol. The Morgan fingerprint density at radius 2 is 1.65 bits per heavy atom. The molecule has 1 aliphatic heterocycles. The number of Topliss-reactive ketones (excluding diaryl/α,β-unsaturated/α-hetero) is 1. The van der Waals surface area contributed by atoms with Crippen molar-refractivity contribution in [2.75, 3.05) is 6.61 Å². The SMILES string of the molecule is CC1=C2C(O)C(=O)[C@]3(C)C(OP(P(P)P)P(P)P)CC4OCC4(O)C3C(OC(=O)c3ccccc3)C(O)(CC1O)C2(C)C. The van der Waals surface area contributed by atoms with Gasteiger partial charge < -0.3 is 34.4 Å². The number of ether oxygens (including phenoxy) is 2. The minimum Gasteiger partial charge on any atom is -0.455 e. The second-order valence-corrected chi connectivity index (χ2v) is 36.3.